The Morgan fingerprint density at radius 3 is 2.84 bits per heavy atom. The van der Waals surface area contributed by atoms with Crippen molar-refractivity contribution < 1.29 is 4.74 Å². The Hall–Kier alpha value is -1.59. The standard InChI is InChI=1S/C14H20N4O/c1-11(17-6-8-19-9-7-17)10-18-13-5-3-2-4-12(13)16-14(18)15/h2-5,11H,6-10H2,1H3,(H2,15,16). The maximum absolute atomic E-state index is 6.04. The molecule has 2 N–H and O–H groups in total. The first-order valence-electron chi connectivity index (χ1n) is 6.78. The van der Waals surface area contributed by atoms with E-state index < -0.39 is 0 Å². The highest BCUT2D eigenvalue weighted by molar-refractivity contribution is 5.78. The van der Waals surface area contributed by atoms with Gasteiger partial charge in [-0.1, -0.05) is 12.1 Å². The van der Waals surface area contributed by atoms with Gasteiger partial charge in [-0.25, -0.2) is 4.98 Å². The normalized spacial score (nSPS) is 18.8. The SMILES string of the molecule is CC(Cn1c(N)nc2ccccc21)N1CCOCC1. The zero-order chi connectivity index (χ0) is 13.2. The number of aromatic nitrogens is 2. The lowest BCUT2D eigenvalue weighted by atomic mass is 10.2. The molecule has 0 radical (unpaired) electrons. The van der Waals surface area contributed by atoms with E-state index in [4.69, 9.17) is 10.5 Å². The van der Waals surface area contributed by atoms with Gasteiger partial charge in [0.2, 0.25) is 5.95 Å². The largest absolute Gasteiger partial charge is 0.379 e. The number of ether oxygens (including phenoxy) is 1. The molecule has 1 unspecified atom stereocenters. The zero-order valence-corrected chi connectivity index (χ0v) is 11.2. The van der Waals surface area contributed by atoms with Gasteiger partial charge in [0.05, 0.1) is 24.2 Å². The Kier molecular flexibility index (Phi) is 3.40. The Balaban J connectivity index is 1.82. The molecule has 0 amide bonds. The van der Waals surface area contributed by atoms with Crippen LogP contribution in [-0.2, 0) is 11.3 Å². The van der Waals surface area contributed by atoms with E-state index in [0.29, 0.717) is 12.0 Å². The predicted octanol–water partition coefficient (Wildman–Crippen LogP) is 1.34. The molecule has 1 fully saturated rings. The summed E-state index contributed by atoms with van der Waals surface area (Å²) in [6, 6.07) is 8.53. The highest BCUT2D eigenvalue weighted by atomic mass is 16.5. The number of nitrogen functional groups attached to an aromatic ring is 1. The third kappa shape index (κ3) is 2.43. The van der Waals surface area contributed by atoms with E-state index >= 15 is 0 Å². The first kappa shape index (κ1) is 12.4. The van der Waals surface area contributed by atoms with Gasteiger partial charge in [-0.05, 0) is 19.1 Å². The van der Waals surface area contributed by atoms with Crippen molar-refractivity contribution in [2.45, 2.75) is 19.5 Å². The number of para-hydroxylation sites is 2. The molecule has 1 aliphatic heterocycles. The summed E-state index contributed by atoms with van der Waals surface area (Å²) in [7, 11) is 0. The lowest BCUT2D eigenvalue weighted by molar-refractivity contribution is 0.0172. The minimum Gasteiger partial charge on any atom is -0.379 e. The maximum atomic E-state index is 6.04. The molecular formula is C14H20N4O. The monoisotopic (exact) mass is 260 g/mol. The van der Waals surface area contributed by atoms with Crippen LogP contribution in [0.4, 0.5) is 5.95 Å². The highest BCUT2D eigenvalue weighted by Crippen LogP contribution is 2.19. The molecule has 1 aliphatic rings. The molecule has 1 aromatic carbocycles. The number of rotatable bonds is 3. The minimum atomic E-state index is 0.434. The summed E-state index contributed by atoms with van der Waals surface area (Å²) in [4.78, 5) is 6.85. The van der Waals surface area contributed by atoms with Crippen LogP contribution >= 0.6 is 0 Å². The average Bonchev–Trinajstić information content (AvgIpc) is 2.76. The highest BCUT2D eigenvalue weighted by Gasteiger charge is 2.19. The van der Waals surface area contributed by atoms with Gasteiger partial charge in [-0.2, -0.15) is 0 Å². The molecule has 2 heterocycles. The molecule has 1 saturated heterocycles. The molecule has 19 heavy (non-hydrogen) atoms. The first-order valence-corrected chi connectivity index (χ1v) is 6.78. The quantitative estimate of drug-likeness (QED) is 0.905. The van der Waals surface area contributed by atoms with E-state index in [9.17, 15) is 0 Å². The van der Waals surface area contributed by atoms with Gasteiger partial charge in [0.1, 0.15) is 0 Å². The number of morpholine rings is 1. The summed E-state index contributed by atoms with van der Waals surface area (Å²) in [5, 5.41) is 0. The van der Waals surface area contributed by atoms with Crippen LogP contribution in [0.15, 0.2) is 24.3 Å². The van der Waals surface area contributed by atoms with Gasteiger partial charge < -0.3 is 15.0 Å². The van der Waals surface area contributed by atoms with Gasteiger partial charge in [-0.3, -0.25) is 4.90 Å². The van der Waals surface area contributed by atoms with E-state index in [0.717, 1.165) is 43.9 Å². The lowest BCUT2D eigenvalue weighted by Crippen LogP contribution is -2.44. The molecule has 5 nitrogen and oxygen atoms in total. The molecular weight excluding hydrogens is 240 g/mol. The van der Waals surface area contributed by atoms with Gasteiger partial charge in [0.15, 0.2) is 0 Å². The van der Waals surface area contributed by atoms with Crippen molar-refractivity contribution in [2.24, 2.45) is 0 Å². The van der Waals surface area contributed by atoms with E-state index in [1.54, 1.807) is 0 Å². The Bertz CT molecular complexity index is 560. The summed E-state index contributed by atoms with van der Waals surface area (Å²) < 4.78 is 7.50. The van der Waals surface area contributed by atoms with Crippen molar-refractivity contribution in [1.82, 2.24) is 14.5 Å². The fraction of sp³-hybridized carbons (Fsp3) is 0.500. The Morgan fingerprint density at radius 2 is 2.05 bits per heavy atom. The predicted molar refractivity (Wildman–Crippen MR) is 76.0 cm³/mol. The average molecular weight is 260 g/mol. The van der Waals surface area contributed by atoms with E-state index in [2.05, 4.69) is 27.4 Å². The fourth-order valence-electron chi connectivity index (χ4n) is 2.68. The second-order valence-electron chi connectivity index (χ2n) is 5.07. The molecule has 2 aromatic rings. The number of nitrogens with two attached hydrogens (primary N) is 1. The van der Waals surface area contributed by atoms with Crippen molar-refractivity contribution in [3.63, 3.8) is 0 Å². The number of anilines is 1. The molecule has 0 bridgehead atoms. The van der Waals surface area contributed by atoms with E-state index in [-0.39, 0.29) is 0 Å². The van der Waals surface area contributed by atoms with Crippen molar-refractivity contribution in [3.8, 4) is 0 Å². The summed E-state index contributed by atoms with van der Waals surface area (Å²) in [6.07, 6.45) is 0. The topological polar surface area (TPSA) is 56.3 Å². The van der Waals surface area contributed by atoms with Gasteiger partial charge >= 0.3 is 0 Å². The van der Waals surface area contributed by atoms with Crippen LogP contribution in [0.25, 0.3) is 11.0 Å². The Morgan fingerprint density at radius 1 is 1.32 bits per heavy atom. The number of hydrogen-bond acceptors (Lipinski definition) is 4. The molecule has 102 valence electrons. The van der Waals surface area contributed by atoms with Crippen LogP contribution in [0.3, 0.4) is 0 Å². The van der Waals surface area contributed by atoms with Gasteiger partial charge in [-0.15, -0.1) is 0 Å². The molecule has 5 heteroatoms. The van der Waals surface area contributed by atoms with Crippen molar-refractivity contribution in [3.05, 3.63) is 24.3 Å². The van der Waals surface area contributed by atoms with Gasteiger partial charge in [0, 0.05) is 25.7 Å². The minimum absolute atomic E-state index is 0.434. The number of benzene rings is 1. The van der Waals surface area contributed by atoms with Crippen molar-refractivity contribution in [2.75, 3.05) is 32.0 Å². The number of fused-ring (bicyclic) bond motifs is 1. The van der Waals surface area contributed by atoms with Crippen LogP contribution in [0.1, 0.15) is 6.92 Å². The van der Waals surface area contributed by atoms with Crippen molar-refractivity contribution in [1.29, 1.82) is 0 Å². The Labute approximate surface area is 113 Å². The van der Waals surface area contributed by atoms with E-state index in [1.165, 1.54) is 0 Å². The molecule has 0 saturated carbocycles. The molecule has 1 atom stereocenters. The molecule has 0 spiro atoms. The van der Waals surface area contributed by atoms with Gasteiger partial charge in [0.25, 0.3) is 0 Å². The first-order chi connectivity index (χ1) is 9.25. The van der Waals surface area contributed by atoms with Crippen LogP contribution < -0.4 is 5.73 Å². The van der Waals surface area contributed by atoms with Crippen LogP contribution in [0, 0.1) is 0 Å². The van der Waals surface area contributed by atoms with Crippen LogP contribution in [0.2, 0.25) is 0 Å². The molecule has 3 rings (SSSR count). The smallest absolute Gasteiger partial charge is 0.201 e. The summed E-state index contributed by atoms with van der Waals surface area (Å²) in [5.74, 6) is 0.598. The van der Waals surface area contributed by atoms with Crippen LogP contribution in [0.5, 0.6) is 0 Å². The number of nitrogens with zero attached hydrogens (tertiary/aromatic N) is 3. The molecule has 1 aromatic heterocycles. The van der Waals surface area contributed by atoms with Crippen molar-refractivity contribution >= 4 is 17.0 Å². The number of hydrogen-bond donors (Lipinski definition) is 1. The zero-order valence-electron chi connectivity index (χ0n) is 11.2. The number of imidazole rings is 1. The second-order valence-corrected chi connectivity index (χ2v) is 5.07. The third-order valence-corrected chi connectivity index (χ3v) is 3.80. The summed E-state index contributed by atoms with van der Waals surface area (Å²) in [5.41, 5.74) is 8.12. The third-order valence-electron chi connectivity index (χ3n) is 3.80. The van der Waals surface area contributed by atoms with Crippen LogP contribution in [-0.4, -0.2) is 46.8 Å². The second kappa shape index (κ2) is 5.19. The van der Waals surface area contributed by atoms with E-state index in [1.807, 2.05) is 18.2 Å². The maximum Gasteiger partial charge on any atom is 0.201 e. The fourth-order valence-corrected chi connectivity index (χ4v) is 2.68. The molecule has 0 aliphatic carbocycles. The summed E-state index contributed by atoms with van der Waals surface area (Å²) in [6.45, 7) is 6.74. The summed E-state index contributed by atoms with van der Waals surface area (Å²) >= 11 is 0. The lowest BCUT2D eigenvalue weighted by Gasteiger charge is -2.32.